The number of hydrogen-bond donors (Lipinski definition) is 0. The summed E-state index contributed by atoms with van der Waals surface area (Å²) in [6.45, 7) is 17.9. The van der Waals surface area contributed by atoms with Crippen LogP contribution < -0.4 is 9.47 Å². The van der Waals surface area contributed by atoms with Crippen molar-refractivity contribution < 1.29 is 9.47 Å². The molecule has 238 valence electrons. The molecule has 0 saturated carbocycles. The van der Waals surface area contributed by atoms with Crippen molar-refractivity contribution in [3.8, 4) is 56.0 Å². The van der Waals surface area contributed by atoms with Gasteiger partial charge in [-0.25, -0.2) is 0 Å². The van der Waals surface area contributed by atoms with Crippen LogP contribution in [-0.4, -0.2) is 14.2 Å². The van der Waals surface area contributed by atoms with Gasteiger partial charge in [-0.2, -0.15) is 0 Å². The fourth-order valence-electron chi connectivity index (χ4n) is 6.35. The van der Waals surface area contributed by atoms with E-state index < -0.39 is 0 Å². The second-order valence-corrected chi connectivity index (χ2v) is 13.7. The van der Waals surface area contributed by atoms with Crippen LogP contribution in [0.1, 0.15) is 101 Å². The van der Waals surface area contributed by atoms with E-state index in [0.717, 1.165) is 56.0 Å². The van der Waals surface area contributed by atoms with Crippen LogP contribution in [0.25, 0.3) is 44.5 Å². The van der Waals surface area contributed by atoms with Gasteiger partial charge in [0.05, 0.1) is 14.2 Å². The zero-order valence-electron chi connectivity index (χ0n) is 29.4. The lowest BCUT2D eigenvalue weighted by Crippen LogP contribution is -2.03. The van der Waals surface area contributed by atoms with Gasteiger partial charge in [0.1, 0.15) is 11.5 Å². The van der Waals surface area contributed by atoms with E-state index in [9.17, 15) is 0 Å². The molecule has 0 atom stereocenters. The van der Waals surface area contributed by atoms with Crippen molar-refractivity contribution in [2.75, 3.05) is 14.2 Å². The third-order valence-corrected chi connectivity index (χ3v) is 9.28. The van der Waals surface area contributed by atoms with Crippen LogP contribution in [0.4, 0.5) is 0 Å². The smallest absolute Gasteiger partial charge is 0.136 e. The van der Waals surface area contributed by atoms with Crippen molar-refractivity contribution in [3.63, 3.8) is 0 Å². The summed E-state index contributed by atoms with van der Waals surface area (Å²) in [7, 11) is 3.61. The van der Waals surface area contributed by atoms with Gasteiger partial charge in [0.2, 0.25) is 0 Å². The van der Waals surface area contributed by atoms with Gasteiger partial charge in [-0.3, -0.25) is 0 Å². The lowest BCUT2D eigenvalue weighted by atomic mass is 9.82. The molecule has 5 rings (SSSR count). The van der Waals surface area contributed by atoms with Crippen LogP contribution in [0.5, 0.6) is 11.5 Å². The minimum atomic E-state index is 0.444. The van der Waals surface area contributed by atoms with Crippen LogP contribution in [0.3, 0.4) is 0 Å². The molecule has 0 unspecified atom stereocenters. The van der Waals surface area contributed by atoms with Gasteiger partial charge in [-0.1, -0.05) is 152 Å². The summed E-state index contributed by atoms with van der Waals surface area (Å²) in [5.41, 5.74) is 13.8. The van der Waals surface area contributed by atoms with Crippen LogP contribution in [0.15, 0.2) is 97.1 Å². The summed E-state index contributed by atoms with van der Waals surface area (Å²) in [6, 6.07) is 35.8. The third kappa shape index (κ3) is 6.49. The molecule has 2 heteroatoms. The van der Waals surface area contributed by atoms with Crippen molar-refractivity contribution in [2.24, 2.45) is 0 Å². The number of methoxy groups -OCH3 is 2. The zero-order valence-corrected chi connectivity index (χ0v) is 29.4. The highest BCUT2D eigenvalue weighted by Gasteiger charge is 2.29. The molecule has 0 N–H and O–H groups in total. The molecule has 0 heterocycles. The fraction of sp³-hybridized carbons (Fsp3) is 0.318. The molecular formula is C44H50O2. The lowest BCUT2D eigenvalue weighted by Gasteiger charge is -2.26. The Kier molecular flexibility index (Phi) is 10.1. The number of hydrogen-bond acceptors (Lipinski definition) is 2. The van der Waals surface area contributed by atoms with Crippen LogP contribution in [-0.2, 0) is 0 Å². The van der Waals surface area contributed by atoms with E-state index in [1.807, 2.05) is 0 Å². The van der Waals surface area contributed by atoms with Crippen molar-refractivity contribution >= 4 is 0 Å². The van der Waals surface area contributed by atoms with E-state index in [-0.39, 0.29) is 0 Å². The minimum Gasteiger partial charge on any atom is -0.495 e. The average Bonchev–Trinajstić information content (AvgIpc) is 3.07. The van der Waals surface area contributed by atoms with E-state index in [0.29, 0.717) is 23.7 Å². The Morgan fingerprint density at radius 3 is 0.609 bits per heavy atom. The summed E-state index contributed by atoms with van der Waals surface area (Å²) >= 11 is 0. The average molecular weight is 611 g/mol. The molecule has 46 heavy (non-hydrogen) atoms. The van der Waals surface area contributed by atoms with Crippen molar-refractivity contribution in [1.29, 1.82) is 0 Å². The Morgan fingerprint density at radius 2 is 0.478 bits per heavy atom. The van der Waals surface area contributed by atoms with E-state index in [4.69, 9.17) is 9.47 Å². The van der Waals surface area contributed by atoms with Gasteiger partial charge < -0.3 is 9.47 Å². The maximum absolute atomic E-state index is 6.53. The molecule has 0 aromatic heterocycles. The molecule has 0 radical (unpaired) electrons. The Hall–Kier alpha value is -4.30. The van der Waals surface area contributed by atoms with Crippen molar-refractivity contribution in [3.05, 3.63) is 119 Å². The number of benzene rings is 5. The molecule has 2 nitrogen and oxygen atoms in total. The summed E-state index contributed by atoms with van der Waals surface area (Å²) in [5.74, 6) is 3.47. The zero-order chi connectivity index (χ0) is 33.1. The molecule has 0 bridgehead atoms. The van der Waals surface area contributed by atoms with E-state index in [2.05, 4.69) is 152 Å². The molecule has 0 aliphatic rings. The molecule has 0 aliphatic carbocycles. The lowest BCUT2D eigenvalue weighted by molar-refractivity contribution is 0.408. The molecule has 0 fully saturated rings. The topological polar surface area (TPSA) is 18.5 Å². The predicted octanol–water partition coefficient (Wildman–Crippen LogP) is 12.9. The molecule has 0 amide bonds. The maximum atomic E-state index is 6.53. The molecular weight excluding hydrogens is 560 g/mol. The minimum absolute atomic E-state index is 0.444. The van der Waals surface area contributed by atoms with Gasteiger partial charge in [-0.05, 0) is 68.2 Å². The largest absolute Gasteiger partial charge is 0.495 e. The highest BCUT2D eigenvalue weighted by atomic mass is 16.5. The Bertz CT molecular complexity index is 1490. The van der Waals surface area contributed by atoms with E-state index in [1.165, 1.54) is 22.3 Å². The fourth-order valence-corrected chi connectivity index (χ4v) is 6.35. The first-order chi connectivity index (χ1) is 22.0. The molecule has 5 aromatic rings. The molecule has 0 spiro atoms. The summed E-state index contributed by atoms with van der Waals surface area (Å²) in [4.78, 5) is 0. The Labute approximate surface area is 277 Å². The Morgan fingerprint density at radius 1 is 0.304 bits per heavy atom. The van der Waals surface area contributed by atoms with Crippen LogP contribution >= 0.6 is 0 Å². The molecule has 0 aliphatic heterocycles. The Balaban J connectivity index is 1.95. The summed E-state index contributed by atoms with van der Waals surface area (Å²) in [5, 5.41) is 0. The first kappa shape index (κ1) is 33.1. The second kappa shape index (κ2) is 14.0. The van der Waals surface area contributed by atoms with Gasteiger partial charge in [0, 0.05) is 22.3 Å². The first-order valence-electron chi connectivity index (χ1n) is 16.8. The molecule has 0 saturated heterocycles. The predicted molar refractivity (Wildman–Crippen MR) is 198 cm³/mol. The highest BCUT2D eigenvalue weighted by Crippen LogP contribution is 2.56. The van der Waals surface area contributed by atoms with Crippen LogP contribution in [0.2, 0.25) is 0 Å². The van der Waals surface area contributed by atoms with Crippen molar-refractivity contribution in [1.82, 2.24) is 0 Å². The first-order valence-corrected chi connectivity index (χ1v) is 16.8. The normalized spacial score (nSPS) is 11.6. The van der Waals surface area contributed by atoms with Gasteiger partial charge >= 0.3 is 0 Å². The van der Waals surface area contributed by atoms with E-state index in [1.54, 1.807) is 14.2 Å². The monoisotopic (exact) mass is 610 g/mol. The summed E-state index contributed by atoms with van der Waals surface area (Å²) < 4.78 is 13.1. The van der Waals surface area contributed by atoms with Crippen molar-refractivity contribution in [2.45, 2.75) is 79.1 Å². The number of ether oxygens (including phenoxy) is 2. The highest BCUT2D eigenvalue weighted by molar-refractivity contribution is 6.05. The van der Waals surface area contributed by atoms with E-state index >= 15 is 0 Å². The molecule has 5 aromatic carbocycles. The maximum Gasteiger partial charge on any atom is 0.136 e. The third-order valence-electron chi connectivity index (χ3n) is 9.28. The van der Waals surface area contributed by atoms with Crippen LogP contribution in [0, 0.1) is 0 Å². The van der Waals surface area contributed by atoms with Gasteiger partial charge in [0.15, 0.2) is 0 Å². The van der Waals surface area contributed by atoms with Gasteiger partial charge in [0.25, 0.3) is 0 Å². The quantitative estimate of drug-likeness (QED) is 0.157. The van der Waals surface area contributed by atoms with Gasteiger partial charge in [-0.15, -0.1) is 0 Å². The second-order valence-electron chi connectivity index (χ2n) is 13.7. The number of rotatable bonds is 10. The standard InChI is InChI=1S/C44H50O2/c1-27(2)31-11-19-35(20-12-31)39-40(36-21-13-32(14-22-36)28(3)4)44(46-10)42(38-25-17-34(18-26-38)30(7)8)41(43(39)45-9)37-23-15-33(16-24-37)29(5)6/h11-30H,1-10H3. The SMILES string of the molecule is COc1c(-c2ccc(C(C)C)cc2)c(-c2ccc(C(C)C)cc2)c(OC)c(-c2ccc(C(C)C)cc2)c1-c1ccc(C(C)C)cc1. The summed E-state index contributed by atoms with van der Waals surface area (Å²) in [6.07, 6.45) is 0.